The summed E-state index contributed by atoms with van der Waals surface area (Å²) in [6, 6.07) is 9.24. The Kier molecular flexibility index (Phi) is 9.94. The molecule has 0 aromatic heterocycles. The van der Waals surface area contributed by atoms with Gasteiger partial charge in [-0.2, -0.15) is 0 Å². The second-order valence-corrected chi connectivity index (χ2v) is 6.72. The Labute approximate surface area is 172 Å². The fraction of sp³-hybridized carbons (Fsp3) is 0.294. The average Bonchev–Trinajstić information content (AvgIpc) is 2.56. The third-order valence-corrected chi connectivity index (χ3v) is 4.60. The molecule has 138 valence electrons. The molecule has 0 aliphatic carbocycles. The van der Waals surface area contributed by atoms with E-state index in [9.17, 15) is 0 Å². The number of hydrogen-bond donors (Lipinski definition) is 2. The normalized spacial score (nSPS) is 10.3. The van der Waals surface area contributed by atoms with Gasteiger partial charge in [0, 0.05) is 13.1 Å². The number of methoxy groups -OCH3 is 1. The lowest BCUT2D eigenvalue weighted by Crippen LogP contribution is -2.17. The summed E-state index contributed by atoms with van der Waals surface area (Å²) in [7, 11) is 1.60. The minimum Gasteiger partial charge on any atom is -0.493 e. The Hall–Kier alpha value is -0.690. The monoisotopic (exact) mass is 469 g/mol. The third-order valence-electron chi connectivity index (χ3n) is 3.27. The van der Waals surface area contributed by atoms with Crippen molar-refractivity contribution in [2.45, 2.75) is 13.2 Å². The van der Waals surface area contributed by atoms with Crippen molar-refractivity contribution in [3.63, 3.8) is 0 Å². The highest BCUT2D eigenvalue weighted by molar-refractivity contribution is 9.10. The second kappa shape index (κ2) is 11.1. The smallest absolute Gasteiger partial charge is 0.175 e. The number of aliphatic hydroxyl groups is 1. The van der Waals surface area contributed by atoms with Gasteiger partial charge in [-0.25, -0.2) is 0 Å². The molecule has 2 aromatic carbocycles. The minimum atomic E-state index is 0. The molecule has 0 aliphatic heterocycles. The molecular weight excluding hydrogens is 452 g/mol. The first-order valence-corrected chi connectivity index (χ1v) is 8.84. The van der Waals surface area contributed by atoms with Crippen LogP contribution >= 0.6 is 51.5 Å². The van der Waals surface area contributed by atoms with Crippen molar-refractivity contribution in [3.05, 3.63) is 56.0 Å². The maximum absolute atomic E-state index is 8.82. The largest absolute Gasteiger partial charge is 0.493 e. The summed E-state index contributed by atoms with van der Waals surface area (Å²) in [4.78, 5) is 0. The van der Waals surface area contributed by atoms with Crippen LogP contribution in [0.1, 0.15) is 11.1 Å². The van der Waals surface area contributed by atoms with Crippen LogP contribution in [0.5, 0.6) is 11.5 Å². The van der Waals surface area contributed by atoms with E-state index < -0.39 is 0 Å². The van der Waals surface area contributed by atoms with E-state index in [4.69, 9.17) is 37.8 Å². The molecule has 8 heteroatoms. The molecule has 0 atom stereocenters. The van der Waals surface area contributed by atoms with Crippen molar-refractivity contribution in [2.75, 3.05) is 20.3 Å². The van der Waals surface area contributed by atoms with Crippen LogP contribution in [0.25, 0.3) is 0 Å². The van der Waals surface area contributed by atoms with Gasteiger partial charge in [0.15, 0.2) is 11.5 Å². The molecule has 0 fully saturated rings. The summed E-state index contributed by atoms with van der Waals surface area (Å²) in [6.45, 7) is 1.61. The van der Waals surface area contributed by atoms with Crippen LogP contribution in [0.2, 0.25) is 10.0 Å². The van der Waals surface area contributed by atoms with E-state index in [2.05, 4.69) is 21.2 Å². The third kappa shape index (κ3) is 6.51. The molecule has 0 radical (unpaired) electrons. The standard InChI is InChI=1S/C17H18BrCl2NO3.ClH/c1-23-16-8-12(9-21-4-5-22)6-13(18)17(16)24-10-11-2-3-14(19)15(20)7-11;/h2-3,6-8,21-22H,4-5,9-10H2,1H3;1H. The van der Waals surface area contributed by atoms with Crippen LogP contribution in [0.15, 0.2) is 34.8 Å². The van der Waals surface area contributed by atoms with Crippen LogP contribution in [0.3, 0.4) is 0 Å². The van der Waals surface area contributed by atoms with Crippen molar-refractivity contribution >= 4 is 51.5 Å². The number of aliphatic hydroxyl groups excluding tert-OH is 1. The molecule has 0 spiro atoms. The summed E-state index contributed by atoms with van der Waals surface area (Å²) in [5.74, 6) is 1.25. The maximum Gasteiger partial charge on any atom is 0.175 e. The van der Waals surface area contributed by atoms with Gasteiger partial charge < -0.3 is 19.9 Å². The van der Waals surface area contributed by atoms with E-state index in [1.54, 1.807) is 19.2 Å². The van der Waals surface area contributed by atoms with Crippen LogP contribution in [0, 0.1) is 0 Å². The van der Waals surface area contributed by atoms with E-state index >= 15 is 0 Å². The van der Waals surface area contributed by atoms with E-state index in [0.29, 0.717) is 41.2 Å². The van der Waals surface area contributed by atoms with Gasteiger partial charge in [-0.15, -0.1) is 12.4 Å². The quantitative estimate of drug-likeness (QED) is 0.541. The number of nitrogens with one attached hydrogen (secondary N) is 1. The zero-order valence-corrected chi connectivity index (χ0v) is 17.4. The molecule has 2 N–H and O–H groups in total. The Morgan fingerprint density at radius 2 is 1.88 bits per heavy atom. The van der Waals surface area contributed by atoms with Crippen LogP contribution in [-0.4, -0.2) is 25.4 Å². The van der Waals surface area contributed by atoms with Crippen molar-refractivity contribution in [1.29, 1.82) is 0 Å². The molecule has 2 aromatic rings. The first kappa shape index (κ1) is 22.4. The predicted molar refractivity (Wildman–Crippen MR) is 108 cm³/mol. The van der Waals surface area contributed by atoms with E-state index in [1.807, 2.05) is 18.2 Å². The van der Waals surface area contributed by atoms with Crippen LogP contribution in [-0.2, 0) is 13.2 Å². The van der Waals surface area contributed by atoms with Crippen molar-refractivity contribution in [3.8, 4) is 11.5 Å². The highest BCUT2D eigenvalue weighted by Crippen LogP contribution is 2.37. The van der Waals surface area contributed by atoms with Gasteiger partial charge in [-0.05, 0) is 51.3 Å². The molecule has 0 heterocycles. The lowest BCUT2D eigenvalue weighted by Gasteiger charge is -2.15. The predicted octanol–water partition coefficient (Wildman–Crippen LogP) is 4.85. The second-order valence-electron chi connectivity index (χ2n) is 5.05. The Morgan fingerprint density at radius 3 is 2.52 bits per heavy atom. The summed E-state index contributed by atoms with van der Waals surface area (Å²) in [5.41, 5.74) is 1.93. The molecule has 4 nitrogen and oxygen atoms in total. The molecule has 0 unspecified atom stereocenters. The number of hydrogen-bond acceptors (Lipinski definition) is 4. The van der Waals surface area contributed by atoms with Gasteiger partial charge in [-0.1, -0.05) is 29.3 Å². The number of benzene rings is 2. The number of halogens is 4. The maximum atomic E-state index is 8.82. The number of ether oxygens (including phenoxy) is 2. The van der Waals surface area contributed by atoms with Gasteiger partial charge >= 0.3 is 0 Å². The highest BCUT2D eigenvalue weighted by Gasteiger charge is 2.12. The summed E-state index contributed by atoms with van der Waals surface area (Å²) >= 11 is 15.5. The molecule has 25 heavy (non-hydrogen) atoms. The molecule has 0 bridgehead atoms. The Morgan fingerprint density at radius 1 is 1.12 bits per heavy atom. The molecule has 0 saturated carbocycles. The zero-order chi connectivity index (χ0) is 17.5. The van der Waals surface area contributed by atoms with E-state index in [-0.39, 0.29) is 19.0 Å². The Balaban J connectivity index is 0.00000312. The van der Waals surface area contributed by atoms with Gasteiger partial charge in [-0.3, -0.25) is 0 Å². The fourth-order valence-corrected chi connectivity index (χ4v) is 3.04. The number of rotatable bonds is 8. The fourth-order valence-electron chi connectivity index (χ4n) is 2.11. The first-order valence-electron chi connectivity index (χ1n) is 7.30. The van der Waals surface area contributed by atoms with Crippen LogP contribution in [0.4, 0.5) is 0 Å². The minimum absolute atomic E-state index is 0. The van der Waals surface area contributed by atoms with E-state index in [1.165, 1.54) is 0 Å². The van der Waals surface area contributed by atoms with Gasteiger partial charge in [0.05, 0.1) is 28.2 Å². The first-order chi connectivity index (χ1) is 11.5. The van der Waals surface area contributed by atoms with Crippen molar-refractivity contribution < 1.29 is 14.6 Å². The lowest BCUT2D eigenvalue weighted by molar-refractivity contribution is 0.282. The highest BCUT2D eigenvalue weighted by atomic mass is 79.9. The summed E-state index contributed by atoms with van der Waals surface area (Å²) in [5, 5.41) is 13.0. The molecule has 0 amide bonds. The summed E-state index contributed by atoms with van der Waals surface area (Å²) in [6.07, 6.45) is 0. The molecule has 0 aliphatic rings. The average molecular weight is 472 g/mol. The molecule has 0 saturated heterocycles. The molecular formula is C17H19BrCl3NO3. The SMILES string of the molecule is COc1cc(CNCCO)cc(Br)c1OCc1ccc(Cl)c(Cl)c1.Cl. The van der Waals surface area contributed by atoms with Gasteiger partial charge in [0.1, 0.15) is 6.61 Å². The zero-order valence-electron chi connectivity index (χ0n) is 13.5. The summed E-state index contributed by atoms with van der Waals surface area (Å²) < 4.78 is 12.1. The van der Waals surface area contributed by atoms with Crippen molar-refractivity contribution in [2.24, 2.45) is 0 Å². The van der Waals surface area contributed by atoms with Gasteiger partial charge in [0.2, 0.25) is 0 Å². The molecule has 2 rings (SSSR count). The van der Waals surface area contributed by atoms with E-state index in [0.717, 1.165) is 15.6 Å². The Bertz CT molecular complexity index is 701. The van der Waals surface area contributed by atoms with Crippen molar-refractivity contribution in [1.82, 2.24) is 5.32 Å². The lowest BCUT2D eigenvalue weighted by atomic mass is 10.2. The topological polar surface area (TPSA) is 50.7 Å². The van der Waals surface area contributed by atoms with Crippen LogP contribution < -0.4 is 14.8 Å². The van der Waals surface area contributed by atoms with Gasteiger partial charge in [0.25, 0.3) is 0 Å².